The Kier molecular flexibility index (Phi) is 5.30. The number of aryl methyl sites for hydroxylation is 1. The Balaban J connectivity index is 1.85. The average molecular weight is 431 g/mol. The van der Waals surface area contributed by atoms with Gasteiger partial charge in [0.1, 0.15) is 5.82 Å². The van der Waals surface area contributed by atoms with Crippen molar-refractivity contribution in [1.82, 2.24) is 14.9 Å². The van der Waals surface area contributed by atoms with Crippen molar-refractivity contribution in [1.29, 1.82) is 0 Å². The monoisotopic (exact) mass is 431 g/mol. The van der Waals surface area contributed by atoms with Crippen molar-refractivity contribution in [2.75, 3.05) is 0 Å². The minimum atomic E-state index is -0.127. The second kappa shape index (κ2) is 7.61. The Bertz CT molecular complexity index is 829. The van der Waals surface area contributed by atoms with Gasteiger partial charge < -0.3 is 9.88 Å². The molecule has 0 unspecified atom stereocenters. The molecule has 1 N–H and O–H groups in total. The van der Waals surface area contributed by atoms with E-state index in [1.807, 2.05) is 72.4 Å². The van der Waals surface area contributed by atoms with Crippen molar-refractivity contribution in [2.45, 2.75) is 12.5 Å². The summed E-state index contributed by atoms with van der Waals surface area (Å²) in [4.78, 5) is 17.0. The maximum Gasteiger partial charge on any atom is 0.251 e. The first kappa shape index (κ1) is 16.7. The third kappa shape index (κ3) is 4.03. The van der Waals surface area contributed by atoms with E-state index in [0.717, 1.165) is 15.0 Å². The lowest BCUT2D eigenvalue weighted by Crippen LogP contribution is -2.30. The lowest BCUT2D eigenvalue weighted by atomic mass is 10.0. The number of halogens is 1. The second-order valence-corrected chi connectivity index (χ2v) is 6.85. The summed E-state index contributed by atoms with van der Waals surface area (Å²) in [6.45, 7) is 0. The molecule has 0 saturated heterocycles. The average Bonchev–Trinajstić information content (AvgIpc) is 3.00. The van der Waals surface area contributed by atoms with E-state index in [-0.39, 0.29) is 11.9 Å². The van der Waals surface area contributed by atoms with E-state index in [1.54, 1.807) is 6.20 Å². The van der Waals surface area contributed by atoms with Crippen molar-refractivity contribution in [2.24, 2.45) is 7.05 Å². The molecular formula is C19H18IN3O. The van der Waals surface area contributed by atoms with Crippen molar-refractivity contribution in [3.63, 3.8) is 0 Å². The maximum atomic E-state index is 12.7. The molecule has 0 aliphatic heterocycles. The zero-order valence-corrected chi connectivity index (χ0v) is 15.5. The summed E-state index contributed by atoms with van der Waals surface area (Å²) in [5.41, 5.74) is 1.74. The second-order valence-electron chi connectivity index (χ2n) is 5.61. The van der Waals surface area contributed by atoms with E-state index >= 15 is 0 Å². The highest BCUT2D eigenvalue weighted by Crippen LogP contribution is 2.18. The lowest BCUT2D eigenvalue weighted by molar-refractivity contribution is 0.0936. The lowest BCUT2D eigenvalue weighted by Gasteiger charge is -2.19. The first-order valence-corrected chi connectivity index (χ1v) is 8.79. The predicted octanol–water partition coefficient (Wildman–Crippen LogP) is 3.74. The first-order valence-electron chi connectivity index (χ1n) is 7.71. The van der Waals surface area contributed by atoms with Crippen LogP contribution in [0.15, 0.2) is 67.0 Å². The Labute approximate surface area is 155 Å². The van der Waals surface area contributed by atoms with Crippen LogP contribution in [0.25, 0.3) is 0 Å². The SMILES string of the molecule is Cn1ccnc1C[C@H](NC(=O)c1cccc(I)c1)c1ccccc1. The van der Waals surface area contributed by atoms with Gasteiger partial charge in [0.2, 0.25) is 0 Å². The molecule has 1 heterocycles. The fourth-order valence-corrected chi connectivity index (χ4v) is 3.13. The van der Waals surface area contributed by atoms with Crippen LogP contribution < -0.4 is 5.32 Å². The van der Waals surface area contributed by atoms with Crippen LogP contribution in [0.2, 0.25) is 0 Å². The van der Waals surface area contributed by atoms with Gasteiger partial charge in [-0.2, -0.15) is 0 Å². The number of hydrogen-bond donors (Lipinski definition) is 1. The summed E-state index contributed by atoms with van der Waals surface area (Å²) in [6.07, 6.45) is 4.33. The van der Waals surface area contributed by atoms with Crippen molar-refractivity contribution in [3.8, 4) is 0 Å². The third-order valence-corrected chi connectivity index (χ3v) is 4.57. The van der Waals surface area contributed by atoms with Gasteiger partial charge in [0.15, 0.2) is 0 Å². The third-order valence-electron chi connectivity index (χ3n) is 3.90. The van der Waals surface area contributed by atoms with Gasteiger partial charge in [0.05, 0.1) is 6.04 Å². The topological polar surface area (TPSA) is 46.9 Å². The summed E-state index contributed by atoms with van der Waals surface area (Å²) < 4.78 is 3.02. The fraction of sp³-hybridized carbons (Fsp3) is 0.158. The summed E-state index contributed by atoms with van der Waals surface area (Å²) in [5, 5.41) is 3.15. The number of hydrogen-bond acceptors (Lipinski definition) is 2. The summed E-state index contributed by atoms with van der Waals surface area (Å²) >= 11 is 2.21. The van der Waals surface area contributed by atoms with Gasteiger partial charge in [-0.15, -0.1) is 0 Å². The predicted molar refractivity (Wildman–Crippen MR) is 103 cm³/mol. The molecule has 0 radical (unpaired) electrons. The highest BCUT2D eigenvalue weighted by molar-refractivity contribution is 14.1. The van der Waals surface area contributed by atoms with Crippen LogP contribution in [0.3, 0.4) is 0 Å². The maximum absolute atomic E-state index is 12.7. The molecule has 2 aromatic carbocycles. The normalized spacial score (nSPS) is 11.9. The molecule has 3 aromatic rings. The van der Waals surface area contributed by atoms with Crippen molar-refractivity contribution >= 4 is 28.5 Å². The quantitative estimate of drug-likeness (QED) is 0.626. The largest absolute Gasteiger partial charge is 0.345 e. The molecule has 0 fully saturated rings. The molecule has 0 bridgehead atoms. The van der Waals surface area contributed by atoms with Gasteiger partial charge in [-0.1, -0.05) is 36.4 Å². The summed E-state index contributed by atoms with van der Waals surface area (Å²) in [7, 11) is 1.96. The summed E-state index contributed by atoms with van der Waals surface area (Å²) in [5.74, 6) is 0.864. The fourth-order valence-electron chi connectivity index (χ4n) is 2.58. The van der Waals surface area contributed by atoms with Crippen LogP contribution in [0.1, 0.15) is 27.8 Å². The molecule has 1 atom stereocenters. The number of carbonyl (C=O) groups is 1. The number of nitrogens with zero attached hydrogens (tertiary/aromatic N) is 2. The number of benzene rings is 2. The van der Waals surface area contributed by atoms with Crippen molar-refractivity contribution in [3.05, 3.63) is 87.5 Å². The van der Waals surface area contributed by atoms with E-state index in [2.05, 4.69) is 32.9 Å². The smallest absolute Gasteiger partial charge is 0.251 e. The molecule has 4 nitrogen and oxygen atoms in total. The van der Waals surface area contributed by atoms with Gasteiger partial charge >= 0.3 is 0 Å². The van der Waals surface area contributed by atoms with Gasteiger partial charge in [0, 0.05) is 35.0 Å². The summed E-state index contributed by atoms with van der Waals surface area (Å²) in [6, 6.07) is 17.5. The van der Waals surface area contributed by atoms with E-state index < -0.39 is 0 Å². The Morgan fingerprint density at radius 3 is 2.67 bits per heavy atom. The van der Waals surface area contributed by atoms with E-state index in [4.69, 9.17) is 0 Å². The number of nitrogens with one attached hydrogen (secondary N) is 1. The van der Waals surface area contributed by atoms with E-state index in [9.17, 15) is 4.79 Å². The Morgan fingerprint density at radius 2 is 2.00 bits per heavy atom. The van der Waals surface area contributed by atoms with E-state index in [1.165, 1.54) is 0 Å². The molecule has 24 heavy (non-hydrogen) atoms. The first-order chi connectivity index (χ1) is 11.6. The van der Waals surface area contributed by atoms with Crippen LogP contribution in [0, 0.1) is 3.57 Å². The van der Waals surface area contributed by atoms with Crippen LogP contribution in [-0.2, 0) is 13.5 Å². The molecule has 122 valence electrons. The highest BCUT2D eigenvalue weighted by Gasteiger charge is 2.18. The standard InChI is InChI=1S/C19H18IN3O/c1-23-11-10-21-18(23)13-17(14-6-3-2-4-7-14)22-19(24)15-8-5-9-16(20)12-15/h2-12,17H,13H2,1H3,(H,22,24)/t17-/m0/s1. The van der Waals surface area contributed by atoms with Gasteiger partial charge in [-0.25, -0.2) is 4.98 Å². The minimum absolute atomic E-state index is 0.0726. The van der Waals surface area contributed by atoms with Gasteiger partial charge in [-0.3, -0.25) is 4.79 Å². The molecule has 0 aliphatic rings. The number of carbonyl (C=O) groups excluding carboxylic acids is 1. The number of amides is 1. The molecule has 0 spiro atoms. The molecular weight excluding hydrogens is 413 g/mol. The van der Waals surface area contributed by atoms with Crippen LogP contribution in [0.5, 0.6) is 0 Å². The Hall–Kier alpha value is -2.15. The number of aromatic nitrogens is 2. The van der Waals surface area contributed by atoms with Crippen molar-refractivity contribution < 1.29 is 4.79 Å². The number of imidazole rings is 1. The van der Waals surface area contributed by atoms with E-state index in [0.29, 0.717) is 12.0 Å². The molecule has 5 heteroatoms. The zero-order chi connectivity index (χ0) is 16.9. The molecule has 0 saturated carbocycles. The highest BCUT2D eigenvalue weighted by atomic mass is 127. The number of rotatable bonds is 5. The van der Waals surface area contributed by atoms with Gasteiger partial charge in [-0.05, 0) is 46.4 Å². The molecule has 0 aliphatic carbocycles. The molecule has 1 amide bonds. The molecule has 3 rings (SSSR count). The minimum Gasteiger partial charge on any atom is -0.345 e. The molecule has 1 aromatic heterocycles. The Morgan fingerprint density at radius 1 is 1.21 bits per heavy atom. The van der Waals surface area contributed by atoms with Crippen LogP contribution in [-0.4, -0.2) is 15.5 Å². The van der Waals surface area contributed by atoms with Crippen LogP contribution >= 0.6 is 22.6 Å². The zero-order valence-electron chi connectivity index (χ0n) is 13.3. The van der Waals surface area contributed by atoms with Gasteiger partial charge in [0.25, 0.3) is 5.91 Å². The van der Waals surface area contributed by atoms with Crippen LogP contribution in [0.4, 0.5) is 0 Å².